The first-order valence-electron chi connectivity index (χ1n) is 4.33. The van der Waals surface area contributed by atoms with Gasteiger partial charge < -0.3 is 29.5 Å². The monoisotopic (exact) mass is 208 g/mol. The molecule has 0 aromatic heterocycles. The van der Waals surface area contributed by atoms with Crippen LogP contribution in [0.15, 0.2) is 0 Å². The maximum atomic E-state index is 9.49. The molecule has 1 aliphatic rings. The molecule has 6 nitrogen and oxygen atoms in total. The summed E-state index contributed by atoms with van der Waals surface area (Å²) >= 11 is 0. The highest BCUT2D eigenvalue weighted by Gasteiger charge is 2.44. The molecule has 1 fully saturated rings. The largest absolute Gasteiger partial charge is 0.394 e. The van der Waals surface area contributed by atoms with E-state index in [1.54, 1.807) is 0 Å². The molecular formula is C8H16O6. The maximum absolute atomic E-state index is 9.49. The zero-order valence-electron chi connectivity index (χ0n) is 8.16. The number of hydrogen-bond acceptors (Lipinski definition) is 6. The number of aliphatic hydroxyl groups excluding tert-OH is 3. The van der Waals surface area contributed by atoms with Crippen molar-refractivity contribution in [1.29, 1.82) is 0 Å². The molecule has 0 aliphatic carbocycles. The Morgan fingerprint density at radius 2 is 1.71 bits per heavy atom. The fourth-order valence-corrected chi connectivity index (χ4v) is 1.61. The fraction of sp³-hybridized carbons (Fsp3) is 1.00. The van der Waals surface area contributed by atoms with Crippen molar-refractivity contribution in [2.75, 3.05) is 20.8 Å². The molecule has 0 radical (unpaired) electrons. The number of rotatable bonds is 3. The van der Waals surface area contributed by atoms with E-state index >= 15 is 0 Å². The van der Waals surface area contributed by atoms with Crippen molar-refractivity contribution in [2.45, 2.75) is 30.7 Å². The van der Waals surface area contributed by atoms with E-state index in [1.165, 1.54) is 14.2 Å². The summed E-state index contributed by atoms with van der Waals surface area (Å²) in [4.78, 5) is 0. The van der Waals surface area contributed by atoms with Crippen LogP contribution < -0.4 is 0 Å². The first kappa shape index (κ1) is 11.8. The van der Waals surface area contributed by atoms with Gasteiger partial charge in [0.2, 0.25) is 0 Å². The molecule has 0 amide bonds. The summed E-state index contributed by atoms with van der Waals surface area (Å²) in [6, 6.07) is 0. The van der Waals surface area contributed by atoms with Crippen LogP contribution in [0.25, 0.3) is 0 Å². The molecule has 0 unspecified atom stereocenters. The van der Waals surface area contributed by atoms with Gasteiger partial charge in [0, 0.05) is 14.2 Å². The standard InChI is InChI=1S/C8H16O6/c1-12-6-4(3-9)14-8(11)5(10)7(6)13-2/h4-11H,3H2,1-2H3/t4-,5-,6-,7-,8+/m1/s1. The smallest absolute Gasteiger partial charge is 0.184 e. The van der Waals surface area contributed by atoms with Crippen LogP contribution in [0.1, 0.15) is 0 Å². The number of aliphatic hydroxyl groups is 3. The molecule has 6 heteroatoms. The van der Waals surface area contributed by atoms with Crippen molar-refractivity contribution in [3.8, 4) is 0 Å². The van der Waals surface area contributed by atoms with Gasteiger partial charge >= 0.3 is 0 Å². The van der Waals surface area contributed by atoms with Gasteiger partial charge in [0.15, 0.2) is 6.29 Å². The van der Waals surface area contributed by atoms with Gasteiger partial charge in [-0.15, -0.1) is 0 Å². The highest BCUT2D eigenvalue weighted by molar-refractivity contribution is 4.90. The van der Waals surface area contributed by atoms with E-state index in [-0.39, 0.29) is 6.61 Å². The van der Waals surface area contributed by atoms with E-state index in [0.717, 1.165) is 0 Å². The Balaban J connectivity index is 2.75. The molecule has 14 heavy (non-hydrogen) atoms. The van der Waals surface area contributed by atoms with Gasteiger partial charge in [0.1, 0.15) is 24.4 Å². The van der Waals surface area contributed by atoms with Gasteiger partial charge in [-0.25, -0.2) is 0 Å². The van der Waals surface area contributed by atoms with Crippen molar-refractivity contribution in [3.05, 3.63) is 0 Å². The predicted octanol–water partition coefficient (Wildman–Crippen LogP) is -1.91. The minimum atomic E-state index is -1.36. The van der Waals surface area contributed by atoms with E-state index in [9.17, 15) is 10.2 Å². The Kier molecular flexibility index (Phi) is 4.24. The van der Waals surface area contributed by atoms with E-state index < -0.39 is 30.7 Å². The Labute approximate surface area is 82.0 Å². The van der Waals surface area contributed by atoms with Gasteiger partial charge in [0.05, 0.1) is 6.61 Å². The number of ether oxygens (including phenoxy) is 3. The normalized spacial score (nSPS) is 43.9. The fourth-order valence-electron chi connectivity index (χ4n) is 1.61. The van der Waals surface area contributed by atoms with Crippen LogP contribution in [0, 0.1) is 0 Å². The third-order valence-corrected chi connectivity index (χ3v) is 2.36. The second-order valence-electron chi connectivity index (χ2n) is 3.14. The third-order valence-electron chi connectivity index (χ3n) is 2.36. The van der Waals surface area contributed by atoms with E-state index in [0.29, 0.717) is 0 Å². The molecule has 3 N–H and O–H groups in total. The van der Waals surface area contributed by atoms with Crippen LogP contribution in [-0.4, -0.2) is 66.9 Å². The first-order valence-corrected chi connectivity index (χ1v) is 4.33. The second kappa shape index (κ2) is 5.01. The van der Waals surface area contributed by atoms with Gasteiger partial charge in [-0.05, 0) is 0 Å². The zero-order chi connectivity index (χ0) is 10.7. The highest BCUT2D eigenvalue weighted by Crippen LogP contribution is 2.23. The Morgan fingerprint density at radius 3 is 2.14 bits per heavy atom. The predicted molar refractivity (Wildman–Crippen MR) is 45.6 cm³/mol. The van der Waals surface area contributed by atoms with Crippen molar-refractivity contribution in [3.63, 3.8) is 0 Å². The van der Waals surface area contributed by atoms with Crippen LogP contribution in [0.3, 0.4) is 0 Å². The summed E-state index contributed by atoms with van der Waals surface area (Å²) in [7, 11) is 2.82. The quantitative estimate of drug-likeness (QED) is 0.501. The Morgan fingerprint density at radius 1 is 1.14 bits per heavy atom. The molecule has 0 aromatic rings. The Bertz CT molecular complexity index is 171. The van der Waals surface area contributed by atoms with Crippen molar-refractivity contribution >= 4 is 0 Å². The minimum Gasteiger partial charge on any atom is -0.394 e. The van der Waals surface area contributed by atoms with E-state index in [2.05, 4.69) is 0 Å². The minimum absolute atomic E-state index is 0.303. The molecular weight excluding hydrogens is 192 g/mol. The SMILES string of the molecule is CO[C@@H]1[C@@H](O)[C@@H](O)O[C@H](CO)[C@H]1OC. The van der Waals surface area contributed by atoms with Crippen molar-refractivity contribution < 1.29 is 29.5 Å². The first-order chi connectivity index (χ1) is 6.65. The summed E-state index contributed by atoms with van der Waals surface area (Å²) in [6.07, 6.45) is -4.52. The zero-order valence-corrected chi connectivity index (χ0v) is 8.16. The molecule has 5 atom stereocenters. The third kappa shape index (κ3) is 2.05. The van der Waals surface area contributed by atoms with Gasteiger partial charge in [-0.1, -0.05) is 0 Å². The van der Waals surface area contributed by atoms with Gasteiger partial charge in [0.25, 0.3) is 0 Å². The lowest BCUT2D eigenvalue weighted by molar-refractivity contribution is -0.294. The van der Waals surface area contributed by atoms with Crippen LogP contribution >= 0.6 is 0 Å². The van der Waals surface area contributed by atoms with E-state index in [4.69, 9.17) is 19.3 Å². The van der Waals surface area contributed by atoms with E-state index in [1.807, 2.05) is 0 Å². The maximum Gasteiger partial charge on any atom is 0.184 e. The van der Waals surface area contributed by atoms with Gasteiger partial charge in [-0.3, -0.25) is 0 Å². The molecule has 84 valence electrons. The molecule has 0 aromatic carbocycles. The lowest BCUT2D eigenvalue weighted by Gasteiger charge is -2.40. The number of hydrogen-bond donors (Lipinski definition) is 3. The number of methoxy groups -OCH3 is 2. The molecule has 0 bridgehead atoms. The highest BCUT2D eigenvalue weighted by atomic mass is 16.7. The molecule has 1 heterocycles. The molecule has 1 aliphatic heterocycles. The lowest BCUT2D eigenvalue weighted by atomic mass is 9.99. The summed E-state index contributed by atoms with van der Waals surface area (Å²) < 4.78 is 15.0. The van der Waals surface area contributed by atoms with Gasteiger partial charge in [-0.2, -0.15) is 0 Å². The molecule has 1 rings (SSSR count). The molecule has 0 saturated carbocycles. The summed E-state index contributed by atoms with van der Waals surface area (Å²) in [5.74, 6) is 0. The summed E-state index contributed by atoms with van der Waals surface area (Å²) in [6.45, 7) is -0.303. The van der Waals surface area contributed by atoms with Crippen molar-refractivity contribution in [2.24, 2.45) is 0 Å². The summed E-state index contributed by atoms with van der Waals surface area (Å²) in [5, 5.41) is 27.7. The van der Waals surface area contributed by atoms with Crippen LogP contribution in [-0.2, 0) is 14.2 Å². The molecule has 1 saturated heterocycles. The topological polar surface area (TPSA) is 88.4 Å². The van der Waals surface area contributed by atoms with Crippen LogP contribution in [0.2, 0.25) is 0 Å². The van der Waals surface area contributed by atoms with Crippen molar-refractivity contribution in [1.82, 2.24) is 0 Å². The second-order valence-corrected chi connectivity index (χ2v) is 3.14. The average Bonchev–Trinajstić information content (AvgIpc) is 2.20. The lowest BCUT2D eigenvalue weighted by Crippen LogP contribution is -2.59. The molecule has 0 spiro atoms. The van der Waals surface area contributed by atoms with Crippen LogP contribution in [0.4, 0.5) is 0 Å². The summed E-state index contributed by atoms with van der Waals surface area (Å²) in [5.41, 5.74) is 0. The average molecular weight is 208 g/mol. The van der Waals surface area contributed by atoms with Crippen LogP contribution in [0.5, 0.6) is 0 Å². The Hall–Kier alpha value is -0.240.